The van der Waals surface area contributed by atoms with Gasteiger partial charge in [-0.25, -0.2) is 0 Å². The third-order valence-electron chi connectivity index (χ3n) is 0.970. The highest BCUT2D eigenvalue weighted by Crippen LogP contribution is 1.82. The van der Waals surface area contributed by atoms with Gasteiger partial charge < -0.3 is 5.11 Å². The van der Waals surface area contributed by atoms with Crippen molar-refractivity contribution in [3.8, 4) is 0 Å². The lowest BCUT2D eigenvalue weighted by Crippen LogP contribution is -2.25. The summed E-state index contributed by atoms with van der Waals surface area (Å²) in [6.45, 7) is 4.79. The SMILES string of the molecule is CCCCN[C@H](C)O. The molecule has 0 aliphatic heterocycles. The van der Waals surface area contributed by atoms with Crippen LogP contribution in [0.3, 0.4) is 0 Å². The van der Waals surface area contributed by atoms with Crippen LogP contribution in [0.1, 0.15) is 26.7 Å². The van der Waals surface area contributed by atoms with Gasteiger partial charge in [0.05, 0.1) is 0 Å². The maximum Gasteiger partial charge on any atom is 0.102 e. The Kier molecular flexibility index (Phi) is 5.01. The Morgan fingerprint density at radius 3 is 2.62 bits per heavy atom. The summed E-state index contributed by atoms with van der Waals surface area (Å²) in [7, 11) is 0. The molecule has 0 amide bonds. The van der Waals surface area contributed by atoms with Crippen LogP contribution in [-0.4, -0.2) is 17.9 Å². The van der Waals surface area contributed by atoms with Crippen molar-refractivity contribution in [3.05, 3.63) is 0 Å². The molecule has 50 valence electrons. The van der Waals surface area contributed by atoms with Gasteiger partial charge in [-0.3, -0.25) is 5.32 Å². The Hall–Kier alpha value is -0.0800. The summed E-state index contributed by atoms with van der Waals surface area (Å²) in [5.74, 6) is 0. The fraction of sp³-hybridized carbons (Fsp3) is 1.00. The Morgan fingerprint density at radius 1 is 1.62 bits per heavy atom. The molecule has 0 aromatic heterocycles. The molecule has 0 spiro atoms. The maximum atomic E-state index is 8.67. The lowest BCUT2D eigenvalue weighted by Gasteiger charge is -2.04. The average molecular weight is 117 g/mol. The van der Waals surface area contributed by atoms with Crippen LogP contribution < -0.4 is 5.32 Å². The Bertz CT molecular complexity index is 45.8. The van der Waals surface area contributed by atoms with Gasteiger partial charge in [-0.15, -0.1) is 0 Å². The second-order valence-corrected chi connectivity index (χ2v) is 1.98. The van der Waals surface area contributed by atoms with Crippen molar-refractivity contribution in [1.29, 1.82) is 0 Å². The van der Waals surface area contributed by atoms with Gasteiger partial charge in [0, 0.05) is 0 Å². The molecular formula is C6H15NO. The number of aliphatic hydroxyl groups excluding tert-OH is 1. The first-order chi connectivity index (χ1) is 3.77. The molecule has 0 unspecified atom stereocenters. The third-order valence-corrected chi connectivity index (χ3v) is 0.970. The van der Waals surface area contributed by atoms with Crippen molar-refractivity contribution in [2.24, 2.45) is 0 Å². The molecule has 0 saturated carbocycles. The molecular weight excluding hydrogens is 102 g/mol. The van der Waals surface area contributed by atoms with Crippen LogP contribution in [0.2, 0.25) is 0 Å². The first-order valence-corrected chi connectivity index (χ1v) is 3.18. The van der Waals surface area contributed by atoms with Gasteiger partial charge in [-0.2, -0.15) is 0 Å². The highest BCUT2D eigenvalue weighted by atomic mass is 16.3. The second-order valence-electron chi connectivity index (χ2n) is 1.98. The summed E-state index contributed by atoms with van der Waals surface area (Å²) in [6, 6.07) is 0. The van der Waals surface area contributed by atoms with Crippen LogP contribution in [0, 0.1) is 0 Å². The van der Waals surface area contributed by atoms with Crippen LogP contribution in [0.4, 0.5) is 0 Å². The molecule has 0 heterocycles. The highest BCUT2D eigenvalue weighted by molar-refractivity contribution is 4.44. The molecule has 0 rings (SSSR count). The van der Waals surface area contributed by atoms with E-state index in [1.54, 1.807) is 6.92 Å². The van der Waals surface area contributed by atoms with E-state index in [2.05, 4.69) is 12.2 Å². The number of hydrogen-bond acceptors (Lipinski definition) is 2. The molecule has 0 radical (unpaired) electrons. The van der Waals surface area contributed by atoms with Gasteiger partial charge in [0.25, 0.3) is 0 Å². The zero-order chi connectivity index (χ0) is 6.41. The Balaban J connectivity index is 2.72. The van der Waals surface area contributed by atoms with Gasteiger partial charge in [0.1, 0.15) is 6.23 Å². The summed E-state index contributed by atoms with van der Waals surface area (Å²) >= 11 is 0. The largest absolute Gasteiger partial charge is 0.379 e. The normalized spacial score (nSPS) is 13.9. The molecule has 0 aromatic carbocycles. The van der Waals surface area contributed by atoms with Gasteiger partial charge in [0.2, 0.25) is 0 Å². The molecule has 2 heteroatoms. The average Bonchev–Trinajstić information content (AvgIpc) is 1.66. The first-order valence-electron chi connectivity index (χ1n) is 3.18. The van der Waals surface area contributed by atoms with Gasteiger partial charge in [0.15, 0.2) is 0 Å². The quantitative estimate of drug-likeness (QED) is 0.420. The summed E-state index contributed by atoms with van der Waals surface area (Å²) in [4.78, 5) is 0. The zero-order valence-corrected chi connectivity index (χ0v) is 5.65. The van der Waals surface area contributed by atoms with Crippen LogP contribution in [0.25, 0.3) is 0 Å². The highest BCUT2D eigenvalue weighted by Gasteiger charge is 1.88. The molecule has 2 nitrogen and oxygen atoms in total. The monoisotopic (exact) mass is 117 g/mol. The molecule has 2 N–H and O–H groups in total. The molecule has 0 aliphatic rings. The number of hydrogen-bond donors (Lipinski definition) is 2. The summed E-state index contributed by atoms with van der Waals surface area (Å²) in [5, 5.41) is 11.6. The van der Waals surface area contributed by atoms with Crippen LogP contribution in [-0.2, 0) is 0 Å². The molecule has 0 aliphatic carbocycles. The van der Waals surface area contributed by atoms with Gasteiger partial charge in [-0.05, 0) is 19.9 Å². The lowest BCUT2D eigenvalue weighted by molar-refractivity contribution is 0.156. The minimum Gasteiger partial charge on any atom is -0.379 e. The standard InChI is InChI=1S/C6H15NO/c1-3-4-5-7-6(2)8/h6-8H,3-5H2,1-2H3/t6-/m0/s1. The minimum absolute atomic E-state index is 0.346. The van der Waals surface area contributed by atoms with E-state index in [1.807, 2.05) is 0 Å². The van der Waals surface area contributed by atoms with E-state index in [0.717, 1.165) is 13.0 Å². The number of unbranched alkanes of at least 4 members (excludes halogenated alkanes) is 1. The number of aliphatic hydroxyl groups is 1. The van der Waals surface area contributed by atoms with Crippen molar-refractivity contribution >= 4 is 0 Å². The molecule has 0 aromatic rings. The van der Waals surface area contributed by atoms with Crippen molar-refractivity contribution in [3.63, 3.8) is 0 Å². The summed E-state index contributed by atoms with van der Waals surface area (Å²) in [6.07, 6.45) is 1.98. The van der Waals surface area contributed by atoms with Crippen LogP contribution in [0.15, 0.2) is 0 Å². The van der Waals surface area contributed by atoms with Crippen molar-refractivity contribution in [2.45, 2.75) is 32.9 Å². The van der Waals surface area contributed by atoms with Crippen molar-refractivity contribution in [1.82, 2.24) is 5.32 Å². The predicted molar refractivity (Wildman–Crippen MR) is 34.6 cm³/mol. The number of rotatable bonds is 4. The molecule has 1 atom stereocenters. The van der Waals surface area contributed by atoms with E-state index in [0.29, 0.717) is 0 Å². The van der Waals surface area contributed by atoms with Crippen LogP contribution in [0.5, 0.6) is 0 Å². The fourth-order valence-corrected chi connectivity index (χ4v) is 0.488. The van der Waals surface area contributed by atoms with Gasteiger partial charge >= 0.3 is 0 Å². The second kappa shape index (κ2) is 5.06. The first kappa shape index (κ1) is 7.92. The molecule has 0 saturated heterocycles. The number of nitrogens with one attached hydrogen (secondary N) is 1. The molecule has 0 bridgehead atoms. The van der Waals surface area contributed by atoms with E-state index >= 15 is 0 Å². The summed E-state index contributed by atoms with van der Waals surface area (Å²) in [5.41, 5.74) is 0. The smallest absolute Gasteiger partial charge is 0.102 e. The zero-order valence-electron chi connectivity index (χ0n) is 5.65. The topological polar surface area (TPSA) is 32.3 Å². The van der Waals surface area contributed by atoms with Crippen LogP contribution >= 0.6 is 0 Å². The van der Waals surface area contributed by atoms with E-state index in [4.69, 9.17) is 5.11 Å². The Morgan fingerprint density at radius 2 is 2.25 bits per heavy atom. The van der Waals surface area contributed by atoms with Crippen molar-refractivity contribution < 1.29 is 5.11 Å². The molecule has 0 fully saturated rings. The fourth-order valence-electron chi connectivity index (χ4n) is 0.488. The van der Waals surface area contributed by atoms with E-state index in [1.165, 1.54) is 6.42 Å². The van der Waals surface area contributed by atoms with E-state index in [-0.39, 0.29) is 6.23 Å². The maximum absolute atomic E-state index is 8.67. The van der Waals surface area contributed by atoms with E-state index in [9.17, 15) is 0 Å². The predicted octanol–water partition coefficient (Wildman–Crippen LogP) is 0.714. The van der Waals surface area contributed by atoms with Crippen molar-refractivity contribution in [2.75, 3.05) is 6.54 Å². The Labute approximate surface area is 50.9 Å². The third kappa shape index (κ3) is 5.92. The van der Waals surface area contributed by atoms with Gasteiger partial charge in [-0.1, -0.05) is 13.3 Å². The lowest BCUT2D eigenvalue weighted by atomic mass is 10.3. The summed E-state index contributed by atoms with van der Waals surface area (Å²) < 4.78 is 0. The molecule has 8 heavy (non-hydrogen) atoms. The van der Waals surface area contributed by atoms with E-state index < -0.39 is 0 Å². The minimum atomic E-state index is -0.346.